The van der Waals surface area contributed by atoms with Crippen LogP contribution in [0.4, 0.5) is 0 Å². The van der Waals surface area contributed by atoms with Gasteiger partial charge in [0.25, 0.3) is 0 Å². The van der Waals surface area contributed by atoms with Crippen molar-refractivity contribution in [2.24, 2.45) is 29.6 Å². The van der Waals surface area contributed by atoms with Crippen LogP contribution in [0.5, 0.6) is 0 Å². The van der Waals surface area contributed by atoms with E-state index in [-0.39, 0.29) is 17.6 Å². The van der Waals surface area contributed by atoms with Gasteiger partial charge in [-0.2, -0.15) is 0 Å². The second-order valence-electron chi connectivity index (χ2n) is 5.04. The highest BCUT2D eigenvalue weighted by atomic mass is 16.4. The molecule has 0 aromatic heterocycles. The summed E-state index contributed by atoms with van der Waals surface area (Å²) in [6, 6.07) is 0. The second-order valence-corrected chi connectivity index (χ2v) is 5.04. The Bertz CT molecular complexity index is 310. The molecule has 5 unspecified atom stereocenters. The zero-order chi connectivity index (χ0) is 9.87. The molecular weight excluding hydrogens is 180 g/mol. The highest BCUT2D eigenvalue weighted by Crippen LogP contribution is 2.57. The molecule has 0 saturated heterocycles. The molecule has 0 radical (unpaired) electrons. The van der Waals surface area contributed by atoms with Crippen LogP contribution in [0.3, 0.4) is 0 Å². The number of carboxylic acids is 1. The van der Waals surface area contributed by atoms with Gasteiger partial charge in [-0.1, -0.05) is 0 Å². The predicted octanol–water partition coefficient (Wildman–Crippen LogP) is 1.32. The molecule has 4 fully saturated rings. The maximum absolute atomic E-state index is 11.6. The van der Waals surface area contributed by atoms with Gasteiger partial charge >= 0.3 is 5.97 Å². The van der Waals surface area contributed by atoms with Crippen LogP contribution in [-0.2, 0) is 9.59 Å². The van der Waals surface area contributed by atoms with Crippen LogP contribution in [0.2, 0.25) is 0 Å². The zero-order valence-corrected chi connectivity index (χ0v) is 7.98. The van der Waals surface area contributed by atoms with Crippen LogP contribution in [0.15, 0.2) is 0 Å². The fourth-order valence-corrected chi connectivity index (χ4v) is 4.08. The van der Waals surface area contributed by atoms with Crippen molar-refractivity contribution < 1.29 is 14.7 Å². The fourth-order valence-electron chi connectivity index (χ4n) is 4.08. The van der Waals surface area contributed by atoms with E-state index in [0.717, 1.165) is 19.3 Å². The van der Waals surface area contributed by atoms with Crippen molar-refractivity contribution in [3.63, 3.8) is 0 Å². The molecule has 4 saturated carbocycles. The lowest BCUT2D eigenvalue weighted by Crippen LogP contribution is -2.49. The zero-order valence-electron chi connectivity index (χ0n) is 7.98. The minimum absolute atomic E-state index is 0.144. The van der Waals surface area contributed by atoms with Gasteiger partial charge in [-0.05, 0) is 37.0 Å². The molecule has 0 aliphatic heterocycles. The molecule has 3 heteroatoms. The van der Waals surface area contributed by atoms with Gasteiger partial charge in [0, 0.05) is 12.3 Å². The molecule has 0 heterocycles. The quantitative estimate of drug-likeness (QED) is 0.685. The van der Waals surface area contributed by atoms with E-state index in [1.807, 2.05) is 0 Å². The standard InChI is InChI=1S/C11H14O3/c12-9-4-7-5-1-2-6(7)10(11(13)14)8(9)3-5/h5-8,10H,1-4H2,(H,13,14). The first kappa shape index (κ1) is 8.45. The lowest BCUT2D eigenvalue weighted by atomic mass is 9.58. The van der Waals surface area contributed by atoms with Crippen molar-refractivity contribution in [1.29, 1.82) is 0 Å². The van der Waals surface area contributed by atoms with Crippen LogP contribution in [0.1, 0.15) is 25.7 Å². The predicted molar refractivity (Wildman–Crippen MR) is 48.6 cm³/mol. The van der Waals surface area contributed by atoms with Gasteiger partial charge < -0.3 is 5.11 Å². The number of hydrogen-bond acceptors (Lipinski definition) is 2. The number of rotatable bonds is 1. The highest BCUT2D eigenvalue weighted by Gasteiger charge is 2.57. The lowest BCUT2D eigenvalue weighted by Gasteiger charge is -2.44. The topological polar surface area (TPSA) is 54.4 Å². The number of carbonyl (C=O) groups excluding carboxylic acids is 1. The highest BCUT2D eigenvalue weighted by molar-refractivity contribution is 5.89. The van der Waals surface area contributed by atoms with Gasteiger partial charge in [0.05, 0.1) is 5.92 Å². The maximum atomic E-state index is 11.6. The normalized spacial score (nSPS) is 49.7. The Morgan fingerprint density at radius 2 is 2.07 bits per heavy atom. The number of carbonyl (C=O) groups is 2. The Labute approximate surface area is 82.5 Å². The smallest absolute Gasteiger partial charge is 0.307 e. The SMILES string of the molecule is O=C1CC2C3CCC2C(C(=O)O)C1C3. The molecule has 0 amide bonds. The van der Waals surface area contributed by atoms with E-state index >= 15 is 0 Å². The number of hydrogen-bond donors (Lipinski definition) is 1. The molecule has 76 valence electrons. The summed E-state index contributed by atoms with van der Waals surface area (Å²) < 4.78 is 0. The van der Waals surface area contributed by atoms with Crippen LogP contribution in [-0.4, -0.2) is 16.9 Å². The first-order chi connectivity index (χ1) is 6.68. The molecule has 4 rings (SSSR count). The molecule has 0 aromatic rings. The van der Waals surface area contributed by atoms with E-state index in [1.54, 1.807) is 0 Å². The summed E-state index contributed by atoms with van der Waals surface area (Å²) in [5.74, 6) is 0.381. The number of ketones is 1. The fraction of sp³-hybridized carbons (Fsp3) is 0.818. The number of fused-ring (bicyclic) bond motifs is 1. The number of Topliss-reactive ketones (excluding diaryl/α,β-unsaturated/α-hetero) is 1. The van der Waals surface area contributed by atoms with Crippen molar-refractivity contribution in [3.8, 4) is 0 Å². The van der Waals surface area contributed by atoms with Crippen molar-refractivity contribution in [2.75, 3.05) is 0 Å². The number of aliphatic carboxylic acids is 1. The van der Waals surface area contributed by atoms with Gasteiger partial charge in [-0.15, -0.1) is 0 Å². The van der Waals surface area contributed by atoms with Gasteiger partial charge in [0.15, 0.2) is 0 Å². The maximum Gasteiger partial charge on any atom is 0.307 e. The summed E-state index contributed by atoms with van der Waals surface area (Å²) in [6.07, 6.45) is 3.72. The summed E-state index contributed by atoms with van der Waals surface area (Å²) in [5.41, 5.74) is 0. The molecule has 5 atom stereocenters. The van der Waals surface area contributed by atoms with Crippen LogP contribution >= 0.6 is 0 Å². The monoisotopic (exact) mass is 194 g/mol. The minimum atomic E-state index is -0.738. The molecular formula is C11H14O3. The van der Waals surface area contributed by atoms with Gasteiger partial charge in [-0.3, -0.25) is 9.59 Å². The summed E-state index contributed by atoms with van der Waals surface area (Å²) in [6.45, 7) is 0. The molecule has 0 spiro atoms. The second kappa shape index (κ2) is 2.59. The third kappa shape index (κ3) is 0.877. The Hall–Kier alpha value is -0.860. The minimum Gasteiger partial charge on any atom is -0.481 e. The van der Waals surface area contributed by atoms with Crippen molar-refractivity contribution in [1.82, 2.24) is 0 Å². The summed E-state index contributed by atoms with van der Waals surface area (Å²) in [4.78, 5) is 22.8. The Morgan fingerprint density at radius 1 is 1.29 bits per heavy atom. The largest absolute Gasteiger partial charge is 0.481 e. The van der Waals surface area contributed by atoms with Gasteiger partial charge in [-0.25, -0.2) is 0 Å². The Morgan fingerprint density at radius 3 is 2.79 bits per heavy atom. The van der Waals surface area contributed by atoms with Crippen molar-refractivity contribution in [2.45, 2.75) is 25.7 Å². The van der Waals surface area contributed by atoms with Crippen molar-refractivity contribution >= 4 is 11.8 Å². The van der Waals surface area contributed by atoms with Crippen LogP contribution in [0, 0.1) is 29.6 Å². The summed E-state index contributed by atoms with van der Waals surface area (Å²) >= 11 is 0. The summed E-state index contributed by atoms with van der Waals surface area (Å²) in [5, 5.41) is 9.15. The molecule has 4 aliphatic carbocycles. The van der Waals surface area contributed by atoms with E-state index in [2.05, 4.69) is 0 Å². The molecule has 3 nitrogen and oxygen atoms in total. The molecule has 4 bridgehead atoms. The van der Waals surface area contributed by atoms with Gasteiger partial charge in [0.2, 0.25) is 0 Å². The Kier molecular flexibility index (Phi) is 1.56. The first-order valence-corrected chi connectivity index (χ1v) is 5.44. The molecule has 0 aromatic carbocycles. The first-order valence-electron chi connectivity index (χ1n) is 5.44. The van der Waals surface area contributed by atoms with Crippen LogP contribution in [0.25, 0.3) is 0 Å². The van der Waals surface area contributed by atoms with E-state index in [0.29, 0.717) is 24.2 Å². The lowest BCUT2D eigenvalue weighted by molar-refractivity contribution is -0.158. The molecule has 4 aliphatic rings. The van der Waals surface area contributed by atoms with Crippen LogP contribution < -0.4 is 0 Å². The third-order valence-corrected chi connectivity index (χ3v) is 4.61. The number of carboxylic acid groups (broad SMARTS) is 1. The van der Waals surface area contributed by atoms with E-state index < -0.39 is 5.97 Å². The van der Waals surface area contributed by atoms with Crippen molar-refractivity contribution in [3.05, 3.63) is 0 Å². The third-order valence-electron chi connectivity index (χ3n) is 4.61. The van der Waals surface area contributed by atoms with E-state index in [1.165, 1.54) is 0 Å². The molecule has 1 N–H and O–H groups in total. The Balaban J connectivity index is 2.00. The van der Waals surface area contributed by atoms with Gasteiger partial charge in [0.1, 0.15) is 5.78 Å². The van der Waals surface area contributed by atoms with E-state index in [9.17, 15) is 9.59 Å². The van der Waals surface area contributed by atoms with E-state index in [4.69, 9.17) is 5.11 Å². The average molecular weight is 194 g/mol. The summed E-state index contributed by atoms with van der Waals surface area (Å²) in [7, 11) is 0. The molecule has 14 heavy (non-hydrogen) atoms. The average Bonchev–Trinajstić information content (AvgIpc) is 2.45.